The van der Waals surface area contributed by atoms with E-state index in [-0.39, 0.29) is 23.9 Å². The number of nitrogens with zero attached hydrogens (tertiary/aromatic N) is 1. The van der Waals surface area contributed by atoms with Crippen LogP contribution >= 0.6 is 0 Å². The van der Waals surface area contributed by atoms with Crippen molar-refractivity contribution in [2.75, 3.05) is 27.3 Å². The number of fused-ring (bicyclic) bond motifs is 1. The molecule has 2 aliphatic heterocycles. The van der Waals surface area contributed by atoms with Crippen LogP contribution in [-0.4, -0.2) is 56.1 Å². The number of hydrogen-bond acceptors (Lipinski definition) is 6. The Morgan fingerprint density at radius 3 is 2.61 bits per heavy atom. The molecule has 0 saturated carbocycles. The summed E-state index contributed by atoms with van der Waals surface area (Å²) in [6.45, 7) is 1.82. The maximum absolute atomic E-state index is 13.1. The van der Waals surface area contributed by atoms with Gasteiger partial charge in [0.1, 0.15) is 17.7 Å². The van der Waals surface area contributed by atoms with Crippen LogP contribution in [0.1, 0.15) is 23.1 Å². The van der Waals surface area contributed by atoms with Crippen LogP contribution in [-0.2, 0) is 17.8 Å². The molecule has 1 amide bonds. The molecule has 8 nitrogen and oxygen atoms in total. The van der Waals surface area contributed by atoms with Crippen molar-refractivity contribution in [2.45, 2.75) is 31.5 Å². The predicted molar refractivity (Wildman–Crippen MR) is 117 cm³/mol. The molecule has 0 unspecified atom stereocenters. The first-order valence-corrected chi connectivity index (χ1v) is 10.4. The van der Waals surface area contributed by atoms with E-state index in [9.17, 15) is 4.79 Å². The second-order valence-electron chi connectivity index (χ2n) is 7.86. The molecule has 0 spiro atoms. The number of carbonyl (C=O) groups excluding carboxylic acids is 1. The highest BCUT2D eigenvalue weighted by Crippen LogP contribution is 2.33. The summed E-state index contributed by atoms with van der Waals surface area (Å²) in [5.74, 6) is 2.13. The molecule has 4 N–H and O–H groups in total. The normalized spacial score (nSPS) is 20.1. The van der Waals surface area contributed by atoms with Crippen molar-refractivity contribution in [3.8, 4) is 17.2 Å². The zero-order chi connectivity index (χ0) is 22.0. The number of carbonyl (C=O) groups is 1. The molecule has 2 heterocycles. The minimum absolute atomic E-state index is 0.00248. The Kier molecular flexibility index (Phi) is 5.99. The van der Waals surface area contributed by atoms with Crippen LogP contribution in [0.3, 0.4) is 0 Å². The maximum atomic E-state index is 13.1. The highest BCUT2D eigenvalue weighted by Gasteiger charge is 2.34. The SMILES string of the molecule is COc1cc2c(cc1OC)CN(C(=O)[C@@H]1C[C@@H](Oc3cccc(C(=N)N)c3)CN1)CC2. The Morgan fingerprint density at radius 1 is 1.16 bits per heavy atom. The van der Waals surface area contributed by atoms with Gasteiger partial charge in [-0.2, -0.15) is 0 Å². The molecule has 2 aromatic carbocycles. The zero-order valence-corrected chi connectivity index (χ0v) is 17.8. The van der Waals surface area contributed by atoms with Crippen LogP contribution in [0.15, 0.2) is 36.4 Å². The molecule has 0 aromatic heterocycles. The Hall–Kier alpha value is -3.26. The molecule has 2 aromatic rings. The third kappa shape index (κ3) is 4.44. The molecule has 1 fully saturated rings. The minimum Gasteiger partial charge on any atom is -0.493 e. The van der Waals surface area contributed by atoms with Gasteiger partial charge in [0.05, 0.1) is 20.3 Å². The van der Waals surface area contributed by atoms with Gasteiger partial charge >= 0.3 is 0 Å². The number of amides is 1. The van der Waals surface area contributed by atoms with E-state index in [1.807, 2.05) is 29.2 Å². The highest BCUT2D eigenvalue weighted by atomic mass is 16.5. The Labute approximate surface area is 181 Å². The summed E-state index contributed by atoms with van der Waals surface area (Å²) in [7, 11) is 3.24. The van der Waals surface area contributed by atoms with E-state index in [4.69, 9.17) is 25.4 Å². The molecule has 0 bridgehead atoms. The lowest BCUT2D eigenvalue weighted by atomic mass is 9.98. The van der Waals surface area contributed by atoms with E-state index in [0.29, 0.717) is 48.9 Å². The molecule has 4 rings (SSSR count). The predicted octanol–water partition coefficient (Wildman–Crippen LogP) is 1.68. The number of ether oxygens (including phenoxy) is 3. The van der Waals surface area contributed by atoms with Gasteiger partial charge in [0.2, 0.25) is 5.91 Å². The zero-order valence-electron chi connectivity index (χ0n) is 17.8. The van der Waals surface area contributed by atoms with E-state index in [0.717, 1.165) is 12.0 Å². The van der Waals surface area contributed by atoms with Crippen LogP contribution in [0.4, 0.5) is 0 Å². The molecule has 0 aliphatic carbocycles. The van der Waals surface area contributed by atoms with Crippen molar-refractivity contribution >= 4 is 11.7 Å². The van der Waals surface area contributed by atoms with Gasteiger partial charge in [-0.3, -0.25) is 10.2 Å². The molecule has 0 radical (unpaired) electrons. The lowest BCUT2D eigenvalue weighted by Crippen LogP contribution is -2.45. The van der Waals surface area contributed by atoms with E-state index < -0.39 is 0 Å². The third-order valence-electron chi connectivity index (χ3n) is 5.87. The summed E-state index contributed by atoms with van der Waals surface area (Å²) in [6.07, 6.45) is 1.27. The van der Waals surface area contributed by atoms with E-state index in [1.165, 1.54) is 5.56 Å². The van der Waals surface area contributed by atoms with Gasteiger partial charge in [-0.1, -0.05) is 12.1 Å². The number of nitrogen functional groups attached to an aromatic ring is 1. The van der Waals surface area contributed by atoms with Gasteiger partial charge in [0, 0.05) is 31.6 Å². The molecule has 31 heavy (non-hydrogen) atoms. The van der Waals surface area contributed by atoms with Gasteiger partial charge in [-0.05, 0) is 41.8 Å². The summed E-state index contributed by atoms with van der Waals surface area (Å²) in [5.41, 5.74) is 8.45. The average molecular weight is 425 g/mol. The molecular formula is C23H28N4O4. The second kappa shape index (κ2) is 8.85. The van der Waals surface area contributed by atoms with Crippen LogP contribution in [0.5, 0.6) is 17.2 Å². The summed E-state index contributed by atoms with van der Waals surface area (Å²) in [6, 6.07) is 10.9. The molecular weight excluding hydrogens is 396 g/mol. The lowest BCUT2D eigenvalue weighted by molar-refractivity contribution is -0.134. The molecule has 2 atom stereocenters. The smallest absolute Gasteiger partial charge is 0.240 e. The standard InChI is InChI=1S/C23H28N4O4/c1-29-20-9-14-6-7-27(13-16(14)10-21(20)30-2)23(28)19-11-18(12-26-19)31-17-5-3-4-15(8-17)22(24)25/h3-5,8-10,18-19,26H,6-7,11-13H2,1-2H3,(H3,24,25)/t18-,19+/m1/s1. The Balaban J connectivity index is 1.39. The van der Waals surface area contributed by atoms with Crippen LogP contribution in [0, 0.1) is 5.41 Å². The number of rotatable bonds is 6. The van der Waals surface area contributed by atoms with Crippen molar-refractivity contribution in [1.82, 2.24) is 10.2 Å². The van der Waals surface area contributed by atoms with Crippen molar-refractivity contribution in [1.29, 1.82) is 5.41 Å². The second-order valence-corrected chi connectivity index (χ2v) is 7.86. The fourth-order valence-electron chi connectivity index (χ4n) is 4.20. The molecule has 1 saturated heterocycles. The number of benzene rings is 2. The minimum atomic E-state index is -0.275. The van der Waals surface area contributed by atoms with Gasteiger partial charge in [0.15, 0.2) is 11.5 Å². The number of nitrogens with one attached hydrogen (secondary N) is 2. The summed E-state index contributed by atoms with van der Waals surface area (Å²) < 4.78 is 16.8. The van der Waals surface area contributed by atoms with Crippen LogP contribution < -0.4 is 25.3 Å². The first kappa shape index (κ1) is 21.0. The quantitative estimate of drug-likeness (QED) is 0.481. The molecule has 8 heteroatoms. The molecule has 164 valence electrons. The van der Waals surface area contributed by atoms with Crippen LogP contribution in [0.25, 0.3) is 0 Å². The third-order valence-corrected chi connectivity index (χ3v) is 5.87. The lowest BCUT2D eigenvalue weighted by Gasteiger charge is -2.31. The first-order valence-electron chi connectivity index (χ1n) is 10.4. The van der Waals surface area contributed by atoms with Crippen molar-refractivity contribution < 1.29 is 19.0 Å². The first-order chi connectivity index (χ1) is 15.0. The topological polar surface area (TPSA) is 110 Å². The van der Waals surface area contributed by atoms with E-state index in [2.05, 4.69) is 5.32 Å². The van der Waals surface area contributed by atoms with Gasteiger partial charge in [0.25, 0.3) is 0 Å². The summed E-state index contributed by atoms with van der Waals surface area (Å²) >= 11 is 0. The number of hydrogen-bond donors (Lipinski definition) is 3. The summed E-state index contributed by atoms with van der Waals surface area (Å²) in [5, 5.41) is 10.9. The maximum Gasteiger partial charge on any atom is 0.240 e. The fraction of sp³-hybridized carbons (Fsp3) is 0.391. The number of methoxy groups -OCH3 is 2. The van der Waals surface area contributed by atoms with Crippen molar-refractivity contribution in [3.05, 3.63) is 53.1 Å². The number of nitrogens with two attached hydrogens (primary N) is 1. The van der Waals surface area contributed by atoms with E-state index in [1.54, 1.807) is 26.4 Å². The van der Waals surface area contributed by atoms with Crippen molar-refractivity contribution in [2.24, 2.45) is 5.73 Å². The number of amidine groups is 1. The van der Waals surface area contributed by atoms with Gasteiger partial charge < -0.3 is 30.2 Å². The molecule has 2 aliphatic rings. The van der Waals surface area contributed by atoms with Gasteiger partial charge in [-0.25, -0.2) is 0 Å². The fourth-order valence-corrected chi connectivity index (χ4v) is 4.20. The van der Waals surface area contributed by atoms with Crippen molar-refractivity contribution in [3.63, 3.8) is 0 Å². The average Bonchev–Trinajstić information content (AvgIpc) is 3.25. The Morgan fingerprint density at radius 2 is 1.90 bits per heavy atom. The Bertz CT molecular complexity index is 994. The largest absolute Gasteiger partial charge is 0.493 e. The van der Waals surface area contributed by atoms with Crippen LogP contribution in [0.2, 0.25) is 0 Å². The monoisotopic (exact) mass is 424 g/mol. The van der Waals surface area contributed by atoms with Gasteiger partial charge in [-0.15, -0.1) is 0 Å². The summed E-state index contributed by atoms with van der Waals surface area (Å²) in [4.78, 5) is 15.0. The van der Waals surface area contributed by atoms with E-state index >= 15 is 0 Å². The highest BCUT2D eigenvalue weighted by molar-refractivity contribution is 5.95.